The Balaban J connectivity index is 2.18. The number of phenols is 1. The highest BCUT2D eigenvalue weighted by Gasteiger charge is 1.99. The number of hydrogen-bond donors (Lipinski definition) is 4. The van der Waals surface area contributed by atoms with Gasteiger partial charge in [-0.3, -0.25) is 9.27 Å². The first kappa shape index (κ1) is 14.0. The SMILES string of the molecule is Nc1cc(N=Nc2cccc(NS(=O)O)c2)ccc1O. The zero-order valence-electron chi connectivity index (χ0n) is 10.2. The van der Waals surface area contributed by atoms with Gasteiger partial charge < -0.3 is 10.8 Å². The Hall–Kier alpha value is -2.45. The molecule has 0 aliphatic rings. The van der Waals surface area contributed by atoms with Crippen LogP contribution in [0, 0.1) is 0 Å². The molecule has 1 unspecified atom stereocenters. The van der Waals surface area contributed by atoms with E-state index in [9.17, 15) is 9.32 Å². The average molecular weight is 292 g/mol. The van der Waals surface area contributed by atoms with Crippen molar-refractivity contribution in [3.63, 3.8) is 0 Å². The minimum atomic E-state index is -2.14. The molecule has 7 nitrogen and oxygen atoms in total. The summed E-state index contributed by atoms with van der Waals surface area (Å²) in [6.45, 7) is 0. The predicted octanol–water partition coefficient (Wildman–Crippen LogP) is 2.94. The molecule has 0 heterocycles. The third-order valence-corrected chi connectivity index (χ3v) is 2.75. The molecule has 1 atom stereocenters. The van der Waals surface area contributed by atoms with Gasteiger partial charge in [0, 0.05) is 0 Å². The maximum Gasteiger partial charge on any atom is 0.259 e. The van der Waals surface area contributed by atoms with Crippen LogP contribution < -0.4 is 10.5 Å². The molecule has 2 aromatic carbocycles. The monoisotopic (exact) mass is 292 g/mol. The first-order valence-electron chi connectivity index (χ1n) is 5.52. The highest BCUT2D eigenvalue weighted by Crippen LogP contribution is 2.27. The maximum atomic E-state index is 10.6. The number of benzene rings is 2. The number of nitrogens with two attached hydrogens (primary N) is 1. The Morgan fingerprint density at radius 1 is 1.10 bits per heavy atom. The van der Waals surface area contributed by atoms with Crippen LogP contribution in [0.5, 0.6) is 5.75 Å². The molecule has 0 saturated carbocycles. The summed E-state index contributed by atoms with van der Waals surface area (Å²) in [5, 5.41) is 17.2. The van der Waals surface area contributed by atoms with Gasteiger partial charge >= 0.3 is 0 Å². The van der Waals surface area contributed by atoms with Crippen LogP contribution in [0.2, 0.25) is 0 Å². The Labute approximate surface area is 117 Å². The second kappa shape index (κ2) is 6.13. The Bertz CT molecular complexity index is 676. The molecule has 0 bridgehead atoms. The first-order valence-corrected chi connectivity index (χ1v) is 6.63. The number of anilines is 2. The van der Waals surface area contributed by atoms with Crippen molar-refractivity contribution in [1.29, 1.82) is 0 Å². The van der Waals surface area contributed by atoms with Crippen molar-refractivity contribution in [1.82, 2.24) is 0 Å². The normalized spacial score (nSPS) is 12.4. The molecule has 2 aromatic rings. The molecule has 0 aromatic heterocycles. The molecule has 0 fully saturated rings. The summed E-state index contributed by atoms with van der Waals surface area (Å²) in [7, 11) is 0. The van der Waals surface area contributed by atoms with E-state index in [-0.39, 0.29) is 11.4 Å². The van der Waals surface area contributed by atoms with Crippen LogP contribution in [0.15, 0.2) is 52.7 Å². The van der Waals surface area contributed by atoms with E-state index < -0.39 is 11.3 Å². The number of azo groups is 1. The summed E-state index contributed by atoms with van der Waals surface area (Å²) in [6.07, 6.45) is 0. The van der Waals surface area contributed by atoms with Crippen molar-refractivity contribution in [3.8, 4) is 5.75 Å². The molecule has 5 N–H and O–H groups in total. The van der Waals surface area contributed by atoms with Crippen molar-refractivity contribution >= 4 is 34.0 Å². The maximum absolute atomic E-state index is 10.6. The molecule has 0 spiro atoms. The van der Waals surface area contributed by atoms with Crippen LogP contribution in [-0.2, 0) is 11.3 Å². The topological polar surface area (TPSA) is 120 Å². The lowest BCUT2D eigenvalue weighted by atomic mass is 10.2. The molecule has 0 radical (unpaired) electrons. The highest BCUT2D eigenvalue weighted by atomic mass is 32.2. The molecular weight excluding hydrogens is 280 g/mol. The Kier molecular flexibility index (Phi) is 4.28. The zero-order valence-corrected chi connectivity index (χ0v) is 11.0. The molecule has 2 rings (SSSR count). The molecule has 0 aliphatic heterocycles. The lowest BCUT2D eigenvalue weighted by Gasteiger charge is -2.01. The molecular formula is C12H12N4O3S. The number of nitrogens with one attached hydrogen (secondary N) is 1. The first-order chi connectivity index (χ1) is 9.54. The zero-order chi connectivity index (χ0) is 14.5. The number of hydrogen-bond acceptors (Lipinski definition) is 5. The summed E-state index contributed by atoms with van der Waals surface area (Å²) < 4.78 is 21.7. The Morgan fingerprint density at radius 2 is 1.80 bits per heavy atom. The molecule has 0 aliphatic carbocycles. The molecule has 104 valence electrons. The van der Waals surface area contributed by atoms with Gasteiger partial charge in [-0.25, -0.2) is 4.21 Å². The van der Waals surface area contributed by atoms with Gasteiger partial charge in [-0.2, -0.15) is 10.2 Å². The number of rotatable bonds is 4. The standard InChI is InChI=1S/C12H12N4O3S/c13-11-7-9(4-5-12(11)17)15-14-8-2-1-3-10(6-8)16-20(18)19/h1-7,16-17H,13H2,(H,18,19). The number of aromatic hydroxyl groups is 1. The average Bonchev–Trinajstić information content (AvgIpc) is 2.40. The summed E-state index contributed by atoms with van der Waals surface area (Å²) in [4.78, 5) is 0. The summed E-state index contributed by atoms with van der Waals surface area (Å²) in [6, 6.07) is 11.1. The van der Waals surface area contributed by atoms with Crippen molar-refractivity contribution in [2.24, 2.45) is 10.2 Å². The van der Waals surface area contributed by atoms with E-state index in [1.807, 2.05) is 0 Å². The van der Waals surface area contributed by atoms with E-state index in [1.165, 1.54) is 12.1 Å². The number of nitrogens with zero attached hydrogens (tertiary/aromatic N) is 2. The van der Waals surface area contributed by atoms with E-state index >= 15 is 0 Å². The van der Waals surface area contributed by atoms with Gasteiger partial charge in [0.25, 0.3) is 11.3 Å². The van der Waals surface area contributed by atoms with Gasteiger partial charge in [0.15, 0.2) is 0 Å². The van der Waals surface area contributed by atoms with Crippen molar-refractivity contribution in [2.45, 2.75) is 0 Å². The minimum Gasteiger partial charge on any atom is -0.506 e. The van der Waals surface area contributed by atoms with Gasteiger partial charge in [-0.1, -0.05) is 6.07 Å². The number of nitrogen functional groups attached to an aromatic ring is 1. The van der Waals surface area contributed by atoms with E-state index in [2.05, 4.69) is 15.0 Å². The molecule has 20 heavy (non-hydrogen) atoms. The third kappa shape index (κ3) is 3.77. The van der Waals surface area contributed by atoms with E-state index in [0.717, 1.165) is 0 Å². The predicted molar refractivity (Wildman–Crippen MR) is 77.5 cm³/mol. The van der Waals surface area contributed by atoms with Crippen molar-refractivity contribution in [3.05, 3.63) is 42.5 Å². The summed E-state index contributed by atoms with van der Waals surface area (Å²) in [5.74, 6) is -0.0134. The largest absolute Gasteiger partial charge is 0.506 e. The van der Waals surface area contributed by atoms with Gasteiger partial charge in [-0.15, -0.1) is 0 Å². The van der Waals surface area contributed by atoms with Crippen LogP contribution in [0.3, 0.4) is 0 Å². The van der Waals surface area contributed by atoms with E-state index in [4.69, 9.17) is 10.3 Å². The molecule has 8 heteroatoms. The smallest absolute Gasteiger partial charge is 0.259 e. The van der Waals surface area contributed by atoms with Crippen molar-refractivity contribution in [2.75, 3.05) is 10.5 Å². The van der Waals surface area contributed by atoms with Gasteiger partial charge in [0.2, 0.25) is 0 Å². The van der Waals surface area contributed by atoms with Gasteiger partial charge in [-0.05, 0) is 36.4 Å². The van der Waals surface area contributed by atoms with Gasteiger partial charge in [0.05, 0.1) is 22.7 Å². The highest BCUT2D eigenvalue weighted by molar-refractivity contribution is 7.80. The van der Waals surface area contributed by atoms with Gasteiger partial charge in [0.1, 0.15) is 5.75 Å². The lowest BCUT2D eigenvalue weighted by molar-refractivity contribution is 0.478. The Morgan fingerprint density at radius 3 is 2.45 bits per heavy atom. The second-order valence-corrected chi connectivity index (χ2v) is 4.55. The molecule has 0 saturated heterocycles. The van der Waals surface area contributed by atoms with Crippen LogP contribution in [0.4, 0.5) is 22.7 Å². The van der Waals surface area contributed by atoms with E-state index in [0.29, 0.717) is 17.1 Å². The summed E-state index contributed by atoms with van der Waals surface area (Å²) in [5.41, 5.74) is 7.21. The fraction of sp³-hybridized carbons (Fsp3) is 0. The fourth-order valence-corrected chi connectivity index (χ4v) is 1.78. The van der Waals surface area contributed by atoms with E-state index in [1.54, 1.807) is 30.3 Å². The third-order valence-electron chi connectivity index (χ3n) is 2.34. The fourth-order valence-electron chi connectivity index (χ4n) is 1.45. The second-order valence-electron chi connectivity index (χ2n) is 3.84. The van der Waals surface area contributed by atoms with Crippen LogP contribution >= 0.6 is 0 Å². The minimum absolute atomic E-state index is 0.0134. The van der Waals surface area contributed by atoms with Crippen LogP contribution in [-0.4, -0.2) is 13.9 Å². The van der Waals surface area contributed by atoms with Crippen LogP contribution in [0.1, 0.15) is 0 Å². The van der Waals surface area contributed by atoms with Crippen LogP contribution in [0.25, 0.3) is 0 Å². The lowest BCUT2D eigenvalue weighted by Crippen LogP contribution is -2.00. The number of phenolic OH excluding ortho intramolecular Hbond substituents is 1. The molecule has 0 amide bonds. The quantitative estimate of drug-likeness (QED) is 0.299. The van der Waals surface area contributed by atoms with Crippen molar-refractivity contribution < 1.29 is 13.9 Å². The summed E-state index contributed by atoms with van der Waals surface area (Å²) >= 11 is -2.14.